The van der Waals surface area contributed by atoms with Gasteiger partial charge in [0.1, 0.15) is 5.69 Å². The topological polar surface area (TPSA) is 69.0 Å². The molecule has 0 aromatic carbocycles. The van der Waals surface area contributed by atoms with E-state index in [1.54, 1.807) is 0 Å². The van der Waals surface area contributed by atoms with Gasteiger partial charge in [0.15, 0.2) is 0 Å². The lowest BCUT2D eigenvalue weighted by molar-refractivity contribution is 0.0908. The van der Waals surface area contributed by atoms with Gasteiger partial charge in [-0.15, -0.1) is 0 Å². The molecule has 1 aliphatic rings. The average molecular weight is 262 g/mol. The minimum atomic E-state index is -0.656. The van der Waals surface area contributed by atoms with Crippen molar-refractivity contribution in [3.63, 3.8) is 0 Å². The monoisotopic (exact) mass is 262 g/mol. The fourth-order valence-electron chi connectivity index (χ4n) is 2.13. The van der Waals surface area contributed by atoms with E-state index in [0.29, 0.717) is 6.54 Å². The maximum Gasteiger partial charge on any atom is 0.270 e. The molecule has 2 rings (SSSR count). The Balaban J connectivity index is 1.86. The molecule has 0 aliphatic carbocycles. The number of rotatable bonds is 3. The molecule has 6 heteroatoms. The van der Waals surface area contributed by atoms with Crippen molar-refractivity contribution in [3.05, 3.63) is 29.8 Å². The Morgan fingerprint density at radius 1 is 1.53 bits per heavy atom. The number of carbonyl (C=O) groups is 1. The van der Waals surface area contributed by atoms with Gasteiger partial charge in [0.25, 0.3) is 5.91 Å². The van der Waals surface area contributed by atoms with E-state index in [2.05, 4.69) is 16.4 Å². The highest BCUT2D eigenvalue weighted by Crippen LogP contribution is 2.10. The molecule has 0 saturated carbocycles. The lowest BCUT2D eigenvalue weighted by Gasteiger charge is -2.30. The second-order valence-electron chi connectivity index (χ2n) is 4.53. The maximum atomic E-state index is 12.9. The number of amides is 1. The molecule has 1 aliphatic heterocycles. The lowest BCUT2D eigenvalue weighted by Crippen LogP contribution is -2.44. The minimum absolute atomic E-state index is 0.0625. The van der Waals surface area contributed by atoms with Crippen LogP contribution in [0.2, 0.25) is 0 Å². The van der Waals surface area contributed by atoms with E-state index in [9.17, 15) is 9.18 Å². The zero-order chi connectivity index (χ0) is 13.7. The molecule has 1 saturated heterocycles. The van der Waals surface area contributed by atoms with Crippen molar-refractivity contribution in [3.8, 4) is 6.07 Å². The minimum Gasteiger partial charge on any atom is -0.348 e. The van der Waals surface area contributed by atoms with Crippen LogP contribution in [0, 0.1) is 17.3 Å². The predicted molar refractivity (Wildman–Crippen MR) is 66.7 cm³/mol. The molecule has 0 unspecified atom stereocenters. The van der Waals surface area contributed by atoms with Gasteiger partial charge in [-0.25, -0.2) is 4.98 Å². The van der Waals surface area contributed by atoms with Gasteiger partial charge in [-0.3, -0.25) is 9.69 Å². The highest BCUT2D eigenvalue weighted by Gasteiger charge is 2.21. The summed E-state index contributed by atoms with van der Waals surface area (Å²) >= 11 is 0. The normalized spacial score (nSPS) is 16.8. The maximum absolute atomic E-state index is 12.9. The smallest absolute Gasteiger partial charge is 0.270 e. The Bertz CT molecular complexity index is 492. The molecule has 1 fully saturated rings. The molecule has 1 aromatic rings. The van der Waals surface area contributed by atoms with Crippen LogP contribution >= 0.6 is 0 Å². The Kier molecular flexibility index (Phi) is 4.42. The van der Waals surface area contributed by atoms with Crippen molar-refractivity contribution in [2.45, 2.75) is 18.9 Å². The molecule has 2 heterocycles. The summed E-state index contributed by atoms with van der Waals surface area (Å²) in [5.41, 5.74) is 0.0967. The fourth-order valence-corrected chi connectivity index (χ4v) is 2.13. The quantitative estimate of drug-likeness (QED) is 0.650. The van der Waals surface area contributed by atoms with E-state index in [1.807, 2.05) is 4.90 Å². The van der Waals surface area contributed by atoms with Crippen LogP contribution in [0.3, 0.4) is 0 Å². The van der Waals surface area contributed by atoms with E-state index < -0.39 is 5.95 Å². The van der Waals surface area contributed by atoms with E-state index in [0.717, 1.165) is 25.9 Å². The highest BCUT2D eigenvalue weighted by atomic mass is 19.1. The van der Waals surface area contributed by atoms with E-state index in [-0.39, 0.29) is 17.6 Å². The number of hydrogen-bond donors (Lipinski definition) is 1. The third-order valence-electron chi connectivity index (χ3n) is 3.16. The summed E-state index contributed by atoms with van der Waals surface area (Å²) in [5.74, 6) is -1.00. The number of carbonyl (C=O) groups excluding carboxylic acids is 1. The Morgan fingerprint density at radius 3 is 2.89 bits per heavy atom. The number of nitriles is 1. The van der Waals surface area contributed by atoms with Gasteiger partial charge in [-0.1, -0.05) is 6.07 Å². The Labute approximate surface area is 111 Å². The first kappa shape index (κ1) is 13.4. The van der Waals surface area contributed by atoms with Gasteiger partial charge >= 0.3 is 0 Å². The summed E-state index contributed by atoms with van der Waals surface area (Å²) in [6, 6.07) is 6.33. The van der Waals surface area contributed by atoms with Gasteiger partial charge in [-0.2, -0.15) is 9.65 Å². The number of halogens is 1. The lowest BCUT2D eigenvalue weighted by atomic mass is 10.0. The van der Waals surface area contributed by atoms with Gasteiger partial charge in [0.2, 0.25) is 5.95 Å². The summed E-state index contributed by atoms with van der Waals surface area (Å²) in [4.78, 5) is 17.5. The third kappa shape index (κ3) is 3.73. The number of likely N-dealkylation sites (tertiary alicyclic amines) is 1. The molecule has 0 spiro atoms. The summed E-state index contributed by atoms with van der Waals surface area (Å²) in [6.07, 6.45) is 1.59. The first-order chi connectivity index (χ1) is 9.19. The third-order valence-corrected chi connectivity index (χ3v) is 3.16. The summed E-state index contributed by atoms with van der Waals surface area (Å²) in [7, 11) is 0. The van der Waals surface area contributed by atoms with Crippen LogP contribution in [0.1, 0.15) is 23.3 Å². The highest BCUT2D eigenvalue weighted by molar-refractivity contribution is 5.92. The van der Waals surface area contributed by atoms with Crippen molar-refractivity contribution in [2.75, 3.05) is 19.6 Å². The standard InChI is InChI=1S/C13H15FN4O/c14-12-3-1-2-11(17-12)13(19)16-10-4-7-18(8-5-10)9-6-15/h1-3,10H,4-5,7-9H2,(H,16,19). The summed E-state index contributed by atoms with van der Waals surface area (Å²) in [6.45, 7) is 2.00. The number of piperidine rings is 1. The van der Waals surface area contributed by atoms with Crippen molar-refractivity contribution >= 4 is 5.91 Å². The molecule has 19 heavy (non-hydrogen) atoms. The van der Waals surface area contributed by atoms with Gasteiger partial charge in [0, 0.05) is 19.1 Å². The van der Waals surface area contributed by atoms with Crippen LogP contribution in [0.15, 0.2) is 18.2 Å². The van der Waals surface area contributed by atoms with Crippen molar-refractivity contribution < 1.29 is 9.18 Å². The molecular weight excluding hydrogens is 247 g/mol. The first-order valence-electron chi connectivity index (χ1n) is 6.22. The molecular formula is C13H15FN4O. The van der Waals surface area contributed by atoms with E-state index in [4.69, 9.17) is 5.26 Å². The van der Waals surface area contributed by atoms with Crippen LogP contribution in [0.4, 0.5) is 4.39 Å². The number of nitrogens with zero attached hydrogens (tertiary/aromatic N) is 3. The second kappa shape index (κ2) is 6.25. The van der Waals surface area contributed by atoms with Crippen LogP contribution in [0.25, 0.3) is 0 Å². The summed E-state index contributed by atoms with van der Waals surface area (Å²) in [5, 5.41) is 11.4. The Morgan fingerprint density at radius 2 is 2.26 bits per heavy atom. The fraction of sp³-hybridized carbons (Fsp3) is 0.462. The molecule has 0 radical (unpaired) electrons. The van der Waals surface area contributed by atoms with E-state index in [1.165, 1.54) is 18.2 Å². The van der Waals surface area contributed by atoms with Crippen LogP contribution in [0.5, 0.6) is 0 Å². The van der Waals surface area contributed by atoms with Crippen LogP contribution in [-0.4, -0.2) is 41.5 Å². The number of aromatic nitrogens is 1. The number of hydrogen-bond acceptors (Lipinski definition) is 4. The molecule has 1 amide bonds. The van der Waals surface area contributed by atoms with Crippen LogP contribution < -0.4 is 5.32 Å². The zero-order valence-corrected chi connectivity index (χ0v) is 10.5. The molecule has 100 valence electrons. The second-order valence-corrected chi connectivity index (χ2v) is 4.53. The predicted octanol–water partition coefficient (Wildman–Crippen LogP) is 0.938. The van der Waals surface area contributed by atoms with Gasteiger partial charge < -0.3 is 5.32 Å². The van der Waals surface area contributed by atoms with Gasteiger partial charge in [0.05, 0.1) is 12.6 Å². The van der Waals surface area contributed by atoms with Crippen LogP contribution in [-0.2, 0) is 0 Å². The zero-order valence-electron chi connectivity index (χ0n) is 10.5. The van der Waals surface area contributed by atoms with Crippen molar-refractivity contribution in [2.24, 2.45) is 0 Å². The SMILES string of the molecule is N#CCN1CCC(NC(=O)c2cccc(F)n2)CC1. The van der Waals surface area contributed by atoms with Crippen molar-refractivity contribution in [1.82, 2.24) is 15.2 Å². The number of pyridine rings is 1. The largest absolute Gasteiger partial charge is 0.348 e. The van der Waals surface area contributed by atoms with Crippen molar-refractivity contribution in [1.29, 1.82) is 5.26 Å². The first-order valence-corrected chi connectivity index (χ1v) is 6.22. The number of nitrogens with one attached hydrogen (secondary N) is 1. The molecule has 0 bridgehead atoms. The molecule has 1 N–H and O–H groups in total. The van der Waals surface area contributed by atoms with E-state index >= 15 is 0 Å². The summed E-state index contributed by atoms with van der Waals surface area (Å²) < 4.78 is 12.9. The Hall–Kier alpha value is -2.00. The van der Waals surface area contributed by atoms with Gasteiger partial charge in [-0.05, 0) is 25.0 Å². The average Bonchev–Trinajstić information content (AvgIpc) is 2.41. The molecule has 5 nitrogen and oxygen atoms in total. The molecule has 0 atom stereocenters. The molecule has 1 aromatic heterocycles.